The predicted molar refractivity (Wildman–Crippen MR) is 127 cm³/mol. The van der Waals surface area contributed by atoms with Crippen LogP contribution in [0.5, 0.6) is 0 Å². The van der Waals surface area contributed by atoms with Crippen LogP contribution in [-0.4, -0.2) is 20.9 Å². The largest absolute Gasteiger partial charge is 0.345 e. The van der Waals surface area contributed by atoms with Gasteiger partial charge in [-0.2, -0.15) is 0 Å². The maximum absolute atomic E-state index is 13.4. The van der Waals surface area contributed by atoms with Gasteiger partial charge in [-0.3, -0.25) is 9.10 Å². The van der Waals surface area contributed by atoms with Gasteiger partial charge in [0.1, 0.15) is 0 Å². The molecule has 1 N–H and O–H groups in total. The Morgan fingerprint density at radius 1 is 1.03 bits per heavy atom. The maximum atomic E-state index is 13.4. The molecule has 4 rings (SSSR count). The summed E-state index contributed by atoms with van der Waals surface area (Å²) < 4.78 is 28.1. The highest BCUT2D eigenvalue weighted by Crippen LogP contribution is 2.30. The van der Waals surface area contributed by atoms with Crippen LogP contribution in [0.25, 0.3) is 0 Å². The molecule has 5 nitrogen and oxygen atoms in total. The van der Waals surface area contributed by atoms with Crippen molar-refractivity contribution >= 4 is 21.6 Å². The molecule has 0 aliphatic heterocycles. The van der Waals surface area contributed by atoms with Crippen LogP contribution < -0.4 is 9.62 Å². The summed E-state index contributed by atoms with van der Waals surface area (Å²) in [6.07, 6.45) is 4.42. The molecule has 0 fully saturated rings. The number of sulfonamides is 1. The molecule has 0 saturated heterocycles. The molecule has 1 amide bonds. The fourth-order valence-corrected chi connectivity index (χ4v) is 5.61. The summed E-state index contributed by atoms with van der Waals surface area (Å²) >= 11 is 0. The molecule has 3 aromatic carbocycles. The Labute approximate surface area is 189 Å². The molecule has 1 aliphatic carbocycles. The third kappa shape index (κ3) is 4.46. The summed E-state index contributed by atoms with van der Waals surface area (Å²) in [7, 11) is -3.87. The summed E-state index contributed by atoms with van der Waals surface area (Å²) in [5.41, 5.74) is 3.25. The lowest BCUT2D eigenvalue weighted by molar-refractivity contribution is 0.0932. The van der Waals surface area contributed by atoms with Crippen molar-refractivity contribution in [3.05, 3.63) is 108 Å². The van der Waals surface area contributed by atoms with Crippen LogP contribution in [-0.2, 0) is 16.4 Å². The number of hydrogen-bond donors (Lipinski definition) is 1. The standard InChI is InChI=1S/C26H26N2O3S/c1-2-18-28(22-13-4-3-5-14-22)32(30,31)23-15-8-12-21(19-23)26(29)27-25-17-9-11-20-10-6-7-16-24(20)25/h2-8,10,12-16,19,25H,1,9,11,17-18H2,(H,27,29)/t25-/m0/s1. The number of anilines is 1. The summed E-state index contributed by atoms with van der Waals surface area (Å²) in [6, 6.07) is 23.1. The zero-order chi connectivity index (χ0) is 22.6. The topological polar surface area (TPSA) is 66.5 Å². The minimum absolute atomic E-state index is 0.0693. The summed E-state index contributed by atoms with van der Waals surface area (Å²) in [5.74, 6) is -0.279. The lowest BCUT2D eigenvalue weighted by Gasteiger charge is -2.26. The smallest absolute Gasteiger partial charge is 0.264 e. The van der Waals surface area contributed by atoms with E-state index in [4.69, 9.17) is 0 Å². The number of benzene rings is 3. The van der Waals surface area contributed by atoms with Gasteiger partial charge in [0.25, 0.3) is 15.9 Å². The molecule has 0 spiro atoms. The number of nitrogens with one attached hydrogen (secondary N) is 1. The van der Waals surface area contributed by atoms with Crippen LogP contribution in [0.4, 0.5) is 5.69 Å². The molecule has 0 radical (unpaired) electrons. The van der Waals surface area contributed by atoms with Gasteiger partial charge in [0.15, 0.2) is 0 Å². The van der Waals surface area contributed by atoms with Crippen molar-refractivity contribution in [2.75, 3.05) is 10.8 Å². The molecule has 1 aliphatic rings. The number of aryl methyl sites for hydroxylation is 1. The summed E-state index contributed by atoms with van der Waals surface area (Å²) in [5, 5.41) is 3.09. The number of carbonyl (C=O) groups excluding carboxylic acids is 1. The summed E-state index contributed by atoms with van der Waals surface area (Å²) in [6.45, 7) is 3.82. The molecule has 164 valence electrons. The van der Waals surface area contributed by atoms with Crippen molar-refractivity contribution in [3.8, 4) is 0 Å². The maximum Gasteiger partial charge on any atom is 0.264 e. The number of hydrogen-bond acceptors (Lipinski definition) is 3. The molecular weight excluding hydrogens is 420 g/mol. The fourth-order valence-electron chi connectivity index (χ4n) is 4.12. The first-order chi connectivity index (χ1) is 15.5. The highest BCUT2D eigenvalue weighted by molar-refractivity contribution is 7.92. The van der Waals surface area contributed by atoms with E-state index in [0.29, 0.717) is 11.3 Å². The number of fused-ring (bicyclic) bond motifs is 1. The zero-order valence-corrected chi connectivity index (χ0v) is 18.6. The van der Waals surface area contributed by atoms with Crippen LogP contribution in [0.3, 0.4) is 0 Å². The quantitative estimate of drug-likeness (QED) is 0.526. The van der Waals surface area contributed by atoms with Crippen LogP contribution in [0, 0.1) is 0 Å². The number of nitrogens with zero attached hydrogens (tertiary/aromatic N) is 1. The van der Waals surface area contributed by atoms with Crippen molar-refractivity contribution in [2.45, 2.75) is 30.2 Å². The Hall–Kier alpha value is -3.38. The van der Waals surface area contributed by atoms with E-state index in [-0.39, 0.29) is 23.4 Å². The van der Waals surface area contributed by atoms with Gasteiger partial charge in [0.2, 0.25) is 0 Å². The second-order valence-electron chi connectivity index (χ2n) is 7.81. The van der Waals surface area contributed by atoms with Gasteiger partial charge in [0.05, 0.1) is 23.2 Å². The van der Waals surface area contributed by atoms with Gasteiger partial charge in [-0.15, -0.1) is 6.58 Å². The second-order valence-corrected chi connectivity index (χ2v) is 9.67. The van der Waals surface area contributed by atoms with Crippen LogP contribution in [0.2, 0.25) is 0 Å². The molecule has 0 aromatic heterocycles. The van der Waals surface area contributed by atoms with Crippen molar-refractivity contribution in [3.63, 3.8) is 0 Å². The first-order valence-corrected chi connectivity index (χ1v) is 12.1. The van der Waals surface area contributed by atoms with Crippen LogP contribution in [0.1, 0.15) is 40.4 Å². The minimum Gasteiger partial charge on any atom is -0.345 e. The number of amides is 1. The van der Waals surface area contributed by atoms with Crippen LogP contribution in [0.15, 0.2) is 96.4 Å². The molecule has 3 aromatic rings. The van der Waals surface area contributed by atoms with E-state index in [0.717, 1.165) is 24.8 Å². The van der Waals surface area contributed by atoms with E-state index in [1.165, 1.54) is 22.0 Å². The molecule has 0 bridgehead atoms. The molecule has 1 atom stereocenters. The number of carbonyl (C=O) groups is 1. The predicted octanol–water partition coefficient (Wildman–Crippen LogP) is 4.88. The zero-order valence-electron chi connectivity index (χ0n) is 17.8. The fraction of sp³-hybridized carbons (Fsp3) is 0.192. The number of rotatable bonds is 7. The first kappa shape index (κ1) is 21.8. The van der Waals surface area contributed by atoms with Gasteiger partial charge < -0.3 is 5.32 Å². The molecule has 0 unspecified atom stereocenters. The second kappa shape index (κ2) is 9.40. The Morgan fingerprint density at radius 2 is 1.78 bits per heavy atom. The van der Waals surface area contributed by atoms with Gasteiger partial charge in [0, 0.05) is 5.56 Å². The Kier molecular flexibility index (Phi) is 6.42. The lowest BCUT2D eigenvalue weighted by atomic mass is 9.87. The third-order valence-electron chi connectivity index (χ3n) is 5.70. The van der Waals surface area contributed by atoms with Crippen LogP contribution >= 0.6 is 0 Å². The molecule has 6 heteroatoms. The SMILES string of the molecule is C=CCN(c1ccccc1)S(=O)(=O)c1cccc(C(=O)N[C@H]2CCCc3ccccc32)c1. The van der Waals surface area contributed by atoms with Gasteiger partial charge >= 0.3 is 0 Å². The van der Waals surface area contributed by atoms with Crippen molar-refractivity contribution < 1.29 is 13.2 Å². The lowest BCUT2D eigenvalue weighted by Crippen LogP contribution is -2.32. The highest BCUT2D eigenvalue weighted by Gasteiger charge is 2.26. The first-order valence-electron chi connectivity index (χ1n) is 10.7. The van der Waals surface area contributed by atoms with Gasteiger partial charge in [-0.05, 0) is 60.7 Å². The van der Waals surface area contributed by atoms with E-state index in [1.54, 1.807) is 42.5 Å². The van der Waals surface area contributed by atoms with Crippen molar-refractivity contribution in [1.29, 1.82) is 0 Å². The van der Waals surface area contributed by atoms with E-state index in [9.17, 15) is 13.2 Å². The van der Waals surface area contributed by atoms with E-state index in [1.807, 2.05) is 24.3 Å². The third-order valence-corrected chi connectivity index (χ3v) is 7.49. The average Bonchev–Trinajstić information content (AvgIpc) is 2.83. The Bertz CT molecular complexity index is 1220. The van der Waals surface area contributed by atoms with Crippen molar-refractivity contribution in [1.82, 2.24) is 5.32 Å². The van der Waals surface area contributed by atoms with Gasteiger partial charge in [-0.25, -0.2) is 8.42 Å². The van der Waals surface area contributed by atoms with Gasteiger partial charge in [-0.1, -0.05) is 54.6 Å². The van der Waals surface area contributed by atoms with Crippen molar-refractivity contribution in [2.24, 2.45) is 0 Å². The Balaban J connectivity index is 1.60. The normalized spacial score (nSPS) is 15.4. The van der Waals surface area contributed by atoms with E-state index < -0.39 is 10.0 Å². The number of para-hydroxylation sites is 1. The molecular formula is C26H26N2O3S. The average molecular weight is 447 g/mol. The monoisotopic (exact) mass is 446 g/mol. The summed E-state index contributed by atoms with van der Waals surface area (Å²) in [4.78, 5) is 13.1. The molecule has 0 heterocycles. The van der Waals surface area contributed by atoms with E-state index >= 15 is 0 Å². The molecule has 0 saturated carbocycles. The highest BCUT2D eigenvalue weighted by atomic mass is 32.2. The minimum atomic E-state index is -3.87. The molecule has 32 heavy (non-hydrogen) atoms. The van der Waals surface area contributed by atoms with E-state index in [2.05, 4.69) is 18.0 Å². The Morgan fingerprint density at radius 3 is 2.56 bits per heavy atom.